The zero-order valence-electron chi connectivity index (χ0n) is 19.2. The molecule has 0 saturated heterocycles. The van der Waals surface area contributed by atoms with Crippen molar-refractivity contribution in [3.8, 4) is 17.5 Å². The highest BCUT2D eigenvalue weighted by Gasteiger charge is 2.42. The van der Waals surface area contributed by atoms with Crippen LogP contribution in [0.5, 0.6) is 5.75 Å². The molecular formula is C26H22F2N6O. The van der Waals surface area contributed by atoms with Crippen LogP contribution < -0.4 is 4.74 Å². The number of fused-ring (bicyclic) bond motifs is 1. The Kier molecular flexibility index (Phi) is 5.65. The average Bonchev–Trinajstić information content (AvgIpc) is 3.47. The SMILES string of the molecule is COc1cc(C=Cc2nc3n(n2)CCCC3(C#N)c2cc(F)cc(F)c2)ccc1-n1cnc(C)c1. The summed E-state index contributed by atoms with van der Waals surface area (Å²) in [4.78, 5) is 8.85. The first kappa shape index (κ1) is 22.5. The molecular weight excluding hydrogens is 450 g/mol. The number of ether oxygens (including phenoxy) is 1. The van der Waals surface area contributed by atoms with E-state index in [-0.39, 0.29) is 5.56 Å². The fourth-order valence-electron chi connectivity index (χ4n) is 4.49. The fraction of sp³-hybridized carbons (Fsp3) is 0.231. The van der Waals surface area contributed by atoms with E-state index < -0.39 is 17.0 Å². The first-order valence-corrected chi connectivity index (χ1v) is 11.1. The number of hydrogen-bond acceptors (Lipinski definition) is 5. The number of halogens is 2. The zero-order valence-corrected chi connectivity index (χ0v) is 19.2. The molecule has 35 heavy (non-hydrogen) atoms. The van der Waals surface area contributed by atoms with Crippen molar-refractivity contribution in [3.63, 3.8) is 0 Å². The van der Waals surface area contributed by atoms with Crippen LogP contribution in [-0.4, -0.2) is 31.4 Å². The summed E-state index contributed by atoms with van der Waals surface area (Å²) in [6.45, 7) is 2.49. The molecule has 0 bridgehead atoms. The Labute approximate surface area is 200 Å². The topological polar surface area (TPSA) is 81.5 Å². The van der Waals surface area contributed by atoms with Gasteiger partial charge in [0.25, 0.3) is 0 Å². The van der Waals surface area contributed by atoms with Crippen LogP contribution in [0.3, 0.4) is 0 Å². The molecule has 1 aliphatic heterocycles. The standard InChI is InChI=1S/C26H22F2N6O/c1-17-14-33(16-30-17)22-6-4-18(10-23(22)35-2)5-7-24-31-25-26(15-29,8-3-9-34(25)32-24)19-11-20(27)13-21(28)12-19/h4-7,10-14,16H,3,8-9H2,1-2H3. The monoisotopic (exact) mass is 472 g/mol. The molecule has 0 spiro atoms. The molecule has 0 radical (unpaired) electrons. The lowest BCUT2D eigenvalue weighted by molar-refractivity contribution is 0.390. The van der Waals surface area contributed by atoms with Crippen LogP contribution in [0.15, 0.2) is 48.9 Å². The number of aryl methyl sites for hydroxylation is 2. The van der Waals surface area contributed by atoms with E-state index in [1.807, 2.05) is 42.0 Å². The first-order chi connectivity index (χ1) is 16.9. The van der Waals surface area contributed by atoms with Crippen molar-refractivity contribution in [2.45, 2.75) is 31.7 Å². The van der Waals surface area contributed by atoms with Crippen LogP contribution in [0, 0.1) is 29.9 Å². The van der Waals surface area contributed by atoms with E-state index >= 15 is 0 Å². The third-order valence-corrected chi connectivity index (χ3v) is 6.16. The molecule has 0 fully saturated rings. The second kappa shape index (κ2) is 8.80. The van der Waals surface area contributed by atoms with Crippen LogP contribution in [0.25, 0.3) is 17.8 Å². The van der Waals surface area contributed by atoms with Gasteiger partial charge in [-0.15, -0.1) is 0 Å². The predicted octanol–water partition coefficient (Wildman–Crippen LogP) is 4.83. The molecule has 0 amide bonds. The Morgan fingerprint density at radius 3 is 2.63 bits per heavy atom. The number of rotatable bonds is 5. The number of methoxy groups -OCH3 is 1. The summed E-state index contributed by atoms with van der Waals surface area (Å²) in [6, 6.07) is 11.2. The van der Waals surface area contributed by atoms with E-state index in [0.717, 1.165) is 23.0 Å². The van der Waals surface area contributed by atoms with E-state index in [0.29, 0.717) is 36.8 Å². The minimum Gasteiger partial charge on any atom is -0.495 e. The molecule has 0 N–H and O–H groups in total. The lowest BCUT2D eigenvalue weighted by Crippen LogP contribution is -2.34. The van der Waals surface area contributed by atoms with Gasteiger partial charge in [-0.05, 0) is 61.2 Å². The fourth-order valence-corrected chi connectivity index (χ4v) is 4.49. The van der Waals surface area contributed by atoms with Gasteiger partial charge in [-0.2, -0.15) is 10.4 Å². The maximum atomic E-state index is 14.0. The number of aromatic nitrogens is 5. The third kappa shape index (κ3) is 4.08. The van der Waals surface area contributed by atoms with Crippen molar-refractivity contribution in [1.82, 2.24) is 24.3 Å². The third-order valence-electron chi connectivity index (χ3n) is 6.16. The maximum absolute atomic E-state index is 14.0. The second-order valence-corrected chi connectivity index (χ2v) is 8.48. The van der Waals surface area contributed by atoms with Gasteiger partial charge in [-0.1, -0.05) is 12.1 Å². The van der Waals surface area contributed by atoms with Crippen LogP contribution in [0.1, 0.15) is 41.3 Å². The van der Waals surface area contributed by atoms with E-state index in [1.165, 1.54) is 12.1 Å². The second-order valence-electron chi connectivity index (χ2n) is 8.48. The summed E-state index contributed by atoms with van der Waals surface area (Å²) < 4.78 is 37.0. The largest absolute Gasteiger partial charge is 0.495 e. The number of imidazole rings is 1. The van der Waals surface area contributed by atoms with Crippen molar-refractivity contribution in [3.05, 3.63) is 89.0 Å². The zero-order chi connectivity index (χ0) is 24.6. The Morgan fingerprint density at radius 1 is 1.14 bits per heavy atom. The van der Waals surface area contributed by atoms with Gasteiger partial charge in [0.2, 0.25) is 0 Å². The summed E-state index contributed by atoms with van der Waals surface area (Å²) in [5.41, 5.74) is 1.61. The summed E-state index contributed by atoms with van der Waals surface area (Å²) in [7, 11) is 1.61. The molecule has 2 aromatic heterocycles. The highest BCUT2D eigenvalue weighted by atomic mass is 19.1. The van der Waals surface area contributed by atoms with Crippen molar-refractivity contribution in [2.75, 3.05) is 7.11 Å². The van der Waals surface area contributed by atoms with Crippen molar-refractivity contribution < 1.29 is 13.5 Å². The lowest BCUT2D eigenvalue weighted by atomic mass is 9.75. The van der Waals surface area contributed by atoms with E-state index in [9.17, 15) is 14.0 Å². The maximum Gasteiger partial charge on any atom is 0.174 e. The summed E-state index contributed by atoms with van der Waals surface area (Å²) in [5.74, 6) is 0.0218. The van der Waals surface area contributed by atoms with Crippen LogP contribution in [0.4, 0.5) is 8.78 Å². The molecule has 4 aromatic rings. The van der Waals surface area contributed by atoms with Crippen molar-refractivity contribution in [2.24, 2.45) is 0 Å². The smallest absolute Gasteiger partial charge is 0.174 e. The number of benzene rings is 2. The van der Waals surface area contributed by atoms with Gasteiger partial charge >= 0.3 is 0 Å². The number of hydrogen-bond donors (Lipinski definition) is 0. The molecule has 7 nitrogen and oxygen atoms in total. The first-order valence-electron chi connectivity index (χ1n) is 11.1. The Balaban J connectivity index is 1.48. The lowest BCUT2D eigenvalue weighted by Gasteiger charge is -2.30. The summed E-state index contributed by atoms with van der Waals surface area (Å²) in [5, 5.41) is 14.6. The van der Waals surface area contributed by atoms with E-state index in [1.54, 1.807) is 24.2 Å². The predicted molar refractivity (Wildman–Crippen MR) is 126 cm³/mol. The van der Waals surface area contributed by atoms with Crippen LogP contribution in [0.2, 0.25) is 0 Å². The molecule has 3 heterocycles. The molecule has 176 valence electrons. The van der Waals surface area contributed by atoms with Crippen LogP contribution >= 0.6 is 0 Å². The molecule has 1 atom stereocenters. The van der Waals surface area contributed by atoms with Gasteiger partial charge in [-0.3, -0.25) is 0 Å². The Morgan fingerprint density at radius 2 is 1.94 bits per heavy atom. The van der Waals surface area contributed by atoms with E-state index in [4.69, 9.17) is 4.74 Å². The summed E-state index contributed by atoms with van der Waals surface area (Å²) in [6.07, 6.45) is 8.28. The highest BCUT2D eigenvalue weighted by molar-refractivity contribution is 5.69. The minimum absolute atomic E-state index is 0.247. The molecule has 0 saturated carbocycles. The Bertz CT molecular complexity index is 1460. The van der Waals surface area contributed by atoms with Crippen LogP contribution in [-0.2, 0) is 12.0 Å². The number of nitriles is 1. The van der Waals surface area contributed by atoms with Gasteiger partial charge in [0, 0.05) is 18.8 Å². The molecule has 9 heteroatoms. The Hall–Kier alpha value is -4.32. The normalized spacial score (nSPS) is 17.3. The molecule has 1 unspecified atom stereocenters. The quantitative estimate of drug-likeness (QED) is 0.416. The van der Waals surface area contributed by atoms with E-state index in [2.05, 4.69) is 21.1 Å². The van der Waals surface area contributed by atoms with Crippen molar-refractivity contribution in [1.29, 1.82) is 5.26 Å². The van der Waals surface area contributed by atoms with Gasteiger partial charge in [-0.25, -0.2) is 23.4 Å². The van der Waals surface area contributed by atoms with Crippen molar-refractivity contribution >= 4 is 12.2 Å². The van der Waals surface area contributed by atoms with Gasteiger partial charge < -0.3 is 9.30 Å². The molecule has 0 aliphatic carbocycles. The average molecular weight is 472 g/mol. The molecule has 5 rings (SSSR count). The minimum atomic E-state index is -1.27. The number of nitrogens with zero attached hydrogens (tertiary/aromatic N) is 6. The molecule has 2 aromatic carbocycles. The highest BCUT2D eigenvalue weighted by Crippen LogP contribution is 2.39. The summed E-state index contributed by atoms with van der Waals surface area (Å²) >= 11 is 0. The van der Waals surface area contributed by atoms with Gasteiger partial charge in [0.05, 0.1) is 30.9 Å². The van der Waals surface area contributed by atoms with Gasteiger partial charge in [0.15, 0.2) is 11.6 Å². The molecule has 1 aliphatic rings. The van der Waals surface area contributed by atoms with Gasteiger partial charge in [0.1, 0.15) is 22.8 Å².